The predicted molar refractivity (Wildman–Crippen MR) is 73.3 cm³/mol. The van der Waals surface area contributed by atoms with Crippen molar-refractivity contribution in [1.82, 2.24) is 0 Å². The van der Waals surface area contributed by atoms with E-state index in [4.69, 9.17) is 16.9 Å². The summed E-state index contributed by atoms with van der Waals surface area (Å²) in [5.74, 6) is -0.362. The number of benzene rings is 1. The van der Waals surface area contributed by atoms with E-state index in [0.717, 1.165) is 5.57 Å². The molecule has 0 aliphatic carbocycles. The lowest BCUT2D eigenvalue weighted by atomic mass is 10.0. The van der Waals surface area contributed by atoms with Crippen LogP contribution in [0.4, 0.5) is 5.69 Å². The molecule has 0 heterocycles. The Morgan fingerprint density at radius 2 is 1.83 bits per heavy atom. The Kier molecular flexibility index (Phi) is 5.41. The number of halogens is 1. The van der Waals surface area contributed by atoms with Crippen LogP contribution in [0.25, 0.3) is 0 Å². The summed E-state index contributed by atoms with van der Waals surface area (Å²) < 4.78 is 0. The van der Waals surface area contributed by atoms with Gasteiger partial charge in [-0.25, -0.2) is 0 Å². The Morgan fingerprint density at radius 1 is 1.28 bits per heavy atom. The van der Waals surface area contributed by atoms with E-state index in [-0.39, 0.29) is 11.5 Å². The van der Waals surface area contributed by atoms with Crippen molar-refractivity contribution in [3.63, 3.8) is 0 Å². The lowest BCUT2D eigenvalue weighted by Gasteiger charge is -2.07. The highest BCUT2D eigenvalue weighted by Gasteiger charge is 2.13. The second-order valence-corrected chi connectivity index (χ2v) is 4.19. The zero-order valence-electron chi connectivity index (χ0n) is 10.5. The number of nitrogens with one attached hydrogen (secondary N) is 1. The van der Waals surface area contributed by atoms with Gasteiger partial charge in [-0.1, -0.05) is 25.4 Å². The molecule has 1 N–H and O–H groups in total. The van der Waals surface area contributed by atoms with Gasteiger partial charge >= 0.3 is 0 Å². The minimum Gasteiger partial charge on any atom is -0.321 e. The third-order valence-corrected chi connectivity index (χ3v) is 2.90. The predicted octanol–water partition coefficient (Wildman–Crippen LogP) is 3.92. The van der Waals surface area contributed by atoms with Gasteiger partial charge in [0.05, 0.1) is 0 Å². The minimum atomic E-state index is -0.362. The van der Waals surface area contributed by atoms with Crippen molar-refractivity contribution >= 4 is 23.2 Å². The van der Waals surface area contributed by atoms with Crippen molar-refractivity contribution in [1.29, 1.82) is 5.26 Å². The second kappa shape index (κ2) is 6.83. The zero-order chi connectivity index (χ0) is 13.5. The van der Waals surface area contributed by atoms with Gasteiger partial charge in [-0.05, 0) is 42.7 Å². The van der Waals surface area contributed by atoms with Crippen molar-refractivity contribution in [2.75, 3.05) is 5.32 Å². The van der Waals surface area contributed by atoms with Crippen molar-refractivity contribution < 1.29 is 4.79 Å². The Labute approximate surface area is 112 Å². The largest absolute Gasteiger partial charge is 0.321 e. The molecule has 1 aromatic rings. The first kappa shape index (κ1) is 14.3. The molecule has 0 aromatic heterocycles. The van der Waals surface area contributed by atoms with Crippen LogP contribution in [-0.4, -0.2) is 5.91 Å². The van der Waals surface area contributed by atoms with E-state index >= 15 is 0 Å². The summed E-state index contributed by atoms with van der Waals surface area (Å²) in [6.45, 7) is 3.87. The topological polar surface area (TPSA) is 52.9 Å². The molecule has 0 spiro atoms. The molecular formula is C14H15ClN2O. The van der Waals surface area contributed by atoms with Crippen LogP contribution >= 0.6 is 11.6 Å². The summed E-state index contributed by atoms with van der Waals surface area (Å²) >= 11 is 5.76. The van der Waals surface area contributed by atoms with Gasteiger partial charge in [-0.2, -0.15) is 5.26 Å². The van der Waals surface area contributed by atoms with Gasteiger partial charge in [0, 0.05) is 10.7 Å². The van der Waals surface area contributed by atoms with Crippen LogP contribution in [0.5, 0.6) is 0 Å². The highest BCUT2D eigenvalue weighted by atomic mass is 35.5. The standard InChI is InChI=1S/C14H15ClN2O/c1-3-10(4-2)13(9-16)14(18)17-12-7-5-11(15)6-8-12/h5-8H,3-4H2,1-2H3,(H,17,18). The average Bonchev–Trinajstić information content (AvgIpc) is 2.38. The Hall–Kier alpha value is -1.79. The highest BCUT2D eigenvalue weighted by Crippen LogP contribution is 2.17. The van der Waals surface area contributed by atoms with Gasteiger partial charge in [-0.15, -0.1) is 0 Å². The molecular weight excluding hydrogens is 248 g/mol. The fourth-order valence-electron chi connectivity index (χ4n) is 1.62. The maximum absolute atomic E-state index is 12.0. The van der Waals surface area contributed by atoms with E-state index in [2.05, 4.69) is 5.32 Å². The van der Waals surface area contributed by atoms with E-state index in [1.807, 2.05) is 19.9 Å². The fourth-order valence-corrected chi connectivity index (χ4v) is 1.75. The quantitative estimate of drug-likeness (QED) is 0.660. The molecule has 0 aliphatic rings. The molecule has 0 fully saturated rings. The van der Waals surface area contributed by atoms with Crippen LogP contribution in [-0.2, 0) is 4.79 Å². The number of carbonyl (C=O) groups is 1. The molecule has 94 valence electrons. The van der Waals surface area contributed by atoms with Crippen LogP contribution in [0, 0.1) is 11.3 Å². The number of amides is 1. The number of carbonyl (C=O) groups excluding carboxylic acids is 1. The maximum Gasteiger partial charge on any atom is 0.266 e. The first-order chi connectivity index (χ1) is 8.62. The van der Waals surface area contributed by atoms with E-state index in [9.17, 15) is 4.79 Å². The molecule has 0 aliphatic heterocycles. The van der Waals surface area contributed by atoms with Gasteiger partial charge < -0.3 is 5.32 Å². The van der Waals surface area contributed by atoms with E-state index in [0.29, 0.717) is 23.6 Å². The minimum absolute atomic E-state index is 0.204. The number of anilines is 1. The molecule has 0 radical (unpaired) electrons. The molecule has 0 saturated carbocycles. The number of nitrogens with zero attached hydrogens (tertiary/aromatic N) is 1. The van der Waals surface area contributed by atoms with Crippen LogP contribution < -0.4 is 5.32 Å². The maximum atomic E-state index is 12.0. The molecule has 1 amide bonds. The van der Waals surface area contributed by atoms with E-state index in [1.165, 1.54) is 0 Å². The number of hydrogen-bond donors (Lipinski definition) is 1. The van der Waals surface area contributed by atoms with Gasteiger partial charge in [0.2, 0.25) is 0 Å². The van der Waals surface area contributed by atoms with Crippen LogP contribution in [0.1, 0.15) is 26.7 Å². The number of nitriles is 1. The molecule has 0 bridgehead atoms. The Morgan fingerprint density at radius 3 is 2.28 bits per heavy atom. The average molecular weight is 263 g/mol. The molecule has 0 atom stereocenters. The SMILES string of the molecule is CCC(CC)=C(C#N)C(=O)Nc1ccc(Cl)cc1. The number of rotatable bonds is 4. The summed E-state index contributed by atoms with van der Waals surface area (Å²) in [6.07, 6.45) is 1.40. The van der Waals surface area contributed by atoms with Gasteiger partial charge in [0.1, 0.15) is 11.6 Å². The van der Waals surface area contributed by atoms with Crippen LogP contribution in [0.15, 0.2) is 35.4 Å². The molecule has 0 saturated heterocycles. The third-order valence-electron chi connectivity index (χ3n) is 2.65. The molecule has 3 nitrogen and oxygen atoms in total. The Bertz CT molecular complexity index is 492. The van der Waals surface area contributed by atoms with Gasteiger partial charge in [0.25, 0.3) is 5.91 Å². The van der Waals surface area contributed by atoms with E-state index in [1.54, 1.807) is 24.3 Å². The summed E-state index contributed by atoms with van der Waals surface area (Å²) in [4.78, 5) is 12.0. The first-order valence-corrected chi connectivity index (χ1v) is 6.19. The van der Waals surface area contributed by atoms with Gasteiger partial charge in [0.15, 0.2) is 0 Å². The fraction of sp³-hybridized carbons (Fsp3) is 0.286. The van der Waals surface area contributed by atoms with Crippen molar-refractivity contribution in [3.05, 3.63) is 40.4 Å². The molecule has 18 heavy (non-hydrogen) atoms. The normalized spacial score (nSPS) is 9.44. The number of hydrogen-bond acceptors (Lipinski definition) is 2. The molecule has 4 heteroatoms. The summed E-state index contributed by atoms with van der Waals surface area (Å²) in [6, 6.07) is 8.76. The summed E-state index contributed by atoms with van der Waals surface area (Å²) in [5.41, 5.74) is 1.70. The lowest BCUT2D eigenvalue weighted by molar-refractivity contribution is -0.112. The van der Waals surface area contributed by atoms with Crippen LogP contribution in [0.2, 0.25) is 5.02 Å². The summed E-state index contributed by atoms with van der Waals surface area (Å²) in [5, 5.41) is 12.4. The van der Waals surface area contributed by atoms with Gasteiger partial charge in [-0.3, -0.25) is 4.79 Å². The van der Waals surface area contributed by atoms with E-state index < -0.39 is 0 Å². The third kappa shape index (κ3) is 3.61. The molecule has 1 aromatic carbocycles. The number of allylic oxidation sites excluding steroid dienone is 1. The van der Waals surface area contributed by atoms with Crippen molar-refractivity contribution in [2.45, 2.75) is 26.7 Å². The van der Waals surface area contributed by atoms with Crippen molar-refractivity contribution in [2.24, 2.45) is 0 Å². The zero-order valence-corrected chi connectivity index (χ0v) is 11.2. The molecule has 0 unspecified atom stereocenters. The van der Waals surface area contributed by atoms with Crippen molar-refractivity contribution in [3.8, 4) is 6.07 Å². The lowest BCUT2D eigenvalue weighted by Crippen LogP contribution is -2.15. The smallest absolute Gasteiger partial charge is 0.266 e. The monoisotopic (exact) mass is 262 g/mol. The Balaban J connectivity index is 2.91. The highest BCUT2D eigenvalue weighted by molar-refractivity contribution is 6.30. The summed E-state index contributed by atoms with van der Waals surface area (Å²) in [7, 11) is 0. The second-order valence-electron chi connectivity index (χ2n) is 3.76. The molecule has 1 rings (SSSR count). The first-order valence-electron chi connectivity index (χ1n) is 5.81. The van der Waals surface area contributed by atoms with Crippen LogP contribution in [0.3, 0.4) is 0 Å².